The Kier molecular flexibility index (Phi) is 5.28. The Morgan fingerprint density at radius 3 is 2.87 bits per heavy atom. The third-order valence-corrected chi connectivity index (χ3v) is 5.21. The van der Waals surface area contributed by atoms with Gasteiger partial charge in [-0.05, 0) is 43.5 Å². The Labute approximate surface area is 138 Å². The SMILES string of the molecule is COCCN1CC2(CCCN(Cc3ccncc3)C2)CCC1=O. The predicted molar refractivity (Wildman–Crippen MR) is 88.9 cm³/mol. The summed E-state index contributed by atoms with van der Waals surface area (Å²) >= 11 is 0. The summed E-state index contributed by atoms with van der Waals surface area (Å²) in [6, 6.07) is 4.19. The molecule has 2 fully saturated rings. The number of hydrogen-bond acceptors (Lipinski definition) is 4. The molecule has 1 aromatic heterocycles. The maximum absolute atomic E-state index is 12.1. The normalized spacial score (nSPS) is 26.0. The summed E-state index contributed by atoms with van der Waals surface area (Å²) in [5.41, 5.74) is 1.59. The van der Waals surface area contributed by atoms with E-state index in [0.29, 0.717) is 18.9 Å². The average Bonchev–Trinajstić information content (AvgIpc) is 2.57. The summed E-state index contributed by atoms with van der Waals surface area (Å²) < 4.78 is 5.16. The molecule has 1 spiro atoms. The number of ether oxygens (including phenoxy) is 1. The van der Waals surface area contributed by atoms with Gasteiger partial charge in [-0.3, -0.25) is 14.7 Å². The number of hydrogen-bond donors (Lipinski definition) is 0. The first-order chi connectivity index (χ1) is 11.2. The molecule has 1 amide bonds. The molecule has 1 unspecified atom stereocenters. The van der Waals surface area contributed by atoms with E-state index in [1.807, 2.05) is 17.3 Å². The fourth-order valence-corrected chi connectivity index (χ4v) is 4.03. The minimum atomic E-state index is 0.271. The van der Waals surface area contributed by atoms with E-state index < -0.39 is 0 Å². The van der Waals surface area contributed by atoms with Gasteiger partial charge in [0.25, 0.3) is 0 Å². The molecule has 2 aliphatic rings. The minimum Gasteiger partial charge on any atom is -0.383 e. The van der Waals surface area contributed by atoms with Crippen LogP contribution in [0.1, 0.15) is 31.2 Å². The molecule has 5 nitrogen and oxygen atoms in total. The van der Waals surface area contributed by atoms with Crippen LogP contribution in [0.5, 0.6) is 0 Å². The number of likely N-dealkylation sites (tertiary alicyclic amines) is 2. The highest BCUT2D eigenvalue weighted by atomic mass is 16.5. The van der Waals surface area contributed by atoms with Crippen LogP contribution in [0.4, 0.5) is 0 Å². The molecule has 0 bridgehead atoms. The van der Waals surface area contributed by atoms with Crippen molar-refractivity contribution in [3.05, 3.63) is 30.1 Å². The van der Waals surface area contributed by atoms with Gasteiger partial charge in [-0.25, -0.2) is 0 Å². The minimum absolute atomic E-state index is 0.271. The number of piperidine rings is 2. The van der Waals surface area contributed by atoms with Gasteiger partial charge in [-0.15, -0.1) is 0 Å². The number of rotatable bonds is 5. The largest absolute Gasteiger partial charge is 0.383 e. The van der Waals surface area contributed by atoms with Gasteiger partial charge in [0.2, 0.25) is 5.91 Å². The number of pyridine rings is 1. The molecule has 0 aliphatic carbocycles. The number of methoxy groups -OCH3 is 1. The molecule has 126 valence electrons. The summed E-state index contributed by atoms with van der Waals surface area (Å²) in [6.07, 6.45) is 7.89. The van der Waals surface area contributed by atoms with Gasteiger partial charge < -0.3 is 9.64 Å². The second-order valence-electron chi connectivity index (χ2n) is 6.98. The second kappa shape index (κ2) is 7.41. The average molecular weight is 317 g/mol. The maximum Gasteiger partial charge on any atom is 0.222 e. The summed E-state index contributed by atoms with van der Waals surface area (Å²) in [7, 11) is 1.70. The summed E-state index contributed by atoms with van der Waals surface area (Å²) in [4.78, 5) is 20.8. The summed E-state index contributed by atoms with van der Waals surface area (Å²) in [5.74, 6) is 0.291. The molecule has 0 saturated carbocycles. The highest BCUT2D eigenvalue weighted by Crippen LogP contribution is 2.39. The first kappa shape index (κ1) is 16.4. The molecule has 1 atom stereocenters. The highest BCUT2D eigenvalue weighted by molar-refractivity contribution is 5.77. The Morgan fingerprint density at radius 1 is 1.26 bits per heavy atom. The summed E-state index contributed by atoms with van der Waals surface area (Å²) in [5, 5.41) is 0. The number of carbonyl (C=O) groups is 1. The number of nitrogens with zero attached hydrogens (tertiary/aromatic N) is 3. The maximum atomic E-state index is 12.1. The van der Waals surface area contributed by atoms with E-state index in [9.17, 15) is 4.79 Å². The molecule has 0 N–H and O–H groups in total. The smallest absolute Gasteiger partial charge is 0.222 e. The first-order valence-corrected chi connectivity index (χ1v) is 8.59. The van der Waals surface area contributed by atoms with Crippen LogP contribution in [-0.2, 0) is 16.1 Å². The van der Waals surface area contributed by atoms with Crippen LogP contribution in [0.15, 0.2) is 24.5 Å². The summed E-state index contributed by atoms with van der Waals surface area (Å²) in [6.45, 7) is 5.46. The highest BCUT2D eigenvalue weighted by Gasteiger charge is 2.41. The Balaban J connectivity index is 1.63. The molecule has 0 aromatic carbocycles. The lowest BCUT2D eigenvalue weighted by Gasteiger charge is -2.48. The number of aromatic nitrogens is 1. The first-order valence-electron chi connectivity index (χ1n) is 8.59. The fourth-order valence-electron chi connectivity index (χ4n) is 4.03. The van der Waals surface area contributed by atoms with E-state index in [-0.39, 0.29) is 5.41 Å². The van der Waals surface area contributed by atoms with E-state index in [4.69, 9.17) is 4.74 Å². The van der Waals surface area contributed by atoms with Crippen LogP contribution >= 0.6 is 0 Å². The monoisotopic (exact) mass is 317 g/mol. The Morgan fingerprint density at radius 2 is 2.09 bits per heavy atom. The second-order valence-corrected chi connectivity index (χ2v) is 6.98. The lowest BCUT2D eigenvalue weighted by atomic mass is 9.73. The van der Waals surface area contributed by atoms with Gasteiger partial charge in [-0.2, -0.15) is 0 Å². The third kappa shape index (κ3) is 4.09. The lowest BCUT2D eigenvalue weighted by molar-refractivity contribution is -0.140. The molecule has 23 heavy (non-hydrogen) atoms. The van der Waals surface area contributed by atoms with Gasteiger partial charge in [0.15, 0.2) is 0 Å². The van der Waals surface area contributed by atoms with E-state index in [0.717, 1.165) is 39.1 Å². The molecular formula is C18H27N3O2. The van der Waals surface area contributed by atoms with Crippen LogP contribution < -0.4 is 0 Å². The zero-order valence-corrected chi connectivity index (χ0v) is 14.0. The van der Waals surface area contributed by atoms with Crippen molar-refractivity contribution in [2.45, 2.75) is 32.2 Å². The Hall–Kier alpha value is -1.46. The van der Waals surface area contributed by atoms with E-state index in [2.05, 4.69) is 22.0 Å². The zero-order valence-electron chi connectivity index (χ0n) is 14.0. The molecule has 3 heterocycles. The predicted octanol–water partition coefficient (Wildman–Crippen LogP) is 1.93. The van der Waals surface area contributed by atoms with Crippen molar-refractivity contribution in [2.24, 2.45) is 5.41 Å². The quantitative estimate of drug-likeness (QED) is 0.832. The van der Waals surface area contributed by atoms with Crippen molar-refractivity contribution in [1.82, 2.24) is 14.8 Å². The van der Waals surface area contributed by atoms with Crippen LogP contribution in [0.3, 0.4) is 0 Å². The molecule has 0 radical (unpaired) electrons. The molecule has 1 aromatic rings. The molecule has 2 aliphatic heterocycles. The van der Waals surface area contributed by atoms with Gasteiger partial charge in [0, 0.05) is 57.5 Å². The van der Waals surface area contributed by atoms with Crippen LogP contribution in [0.25, 0.3) is 0 Å². The van der Waals surface area contributed by atoms with Crippen molar-refractivity contribution < 1.29 is 9.53 Å². The molecular weight excluding hydrogens is 290 g/mol. The van der Waals surface area contributed by atoms with E-state index in [1.165, 1.54) is 18.4 Å². The van der Waals surface area contributed by atoms with Crippen molar-refractivity contribution in [1.29, 1.82) is 0 Å². The van der Waals surface area contributed by atoms with Crippen LogP contribution in [0, 0.1) is 5.41 Å². The topological polar surface area (TPSA) is 45.7 Å². The van der Waals surface area contributed by atoms with Gasteiger partial charge >= 0.3 is 0 Å². The van der Waals surface area contributed by atoms with Crippen LogP contribution in [-0.4, -0.2) is 60.6 Å². The van der Waals surface area contributed by atoms with Gasteiger partial charge in [-0.1, -0.05) is 0 Å². The van der Waals surface area contributed by atoms with Gasteiger partial charge in [0.05, 0.1) is 6.61 Å². The van der Waals surface area contributed by atoms with Crippen molar-refractivity contribution in [2.75, 3.05) is 39.9 Å². The fraction of sp³-hybridized carbons (Fsp3) is 0.667. The van der Waals surface area contributed by atoms with Crippen molar-refractivity contribution >= 4 is 5.91 Å². The molecule has 3 rings (SSSR count). The van der Waals surface area contributed by atoms with Crippen LogP contribution in [0.2, 0.25) is 0 Å². The molecule has 5 heteroatoms. The van der Waals surface area contributed by atoms with E-state index >= 15 is 0 Å². The van der Waals surface area contributed by atoms with Gasteiger partial charge in [0.1, 0.15) is 0 Å². The third-order valence-electron chi connectivity index (χ3n) is 5.21. The standard InChI is InChI=1S/C18H27N3O2/c1-23-12-11-21-15-18(7-3-17(21)22)6-2-10-20(14-18)13-16-4-8-19-9-5-16/h4-5,8-9H,2-3,6-7,10-15H2,1H3. The molecule has 2 saturated heterocycles. The number of carbonyl (C=O) groups excluding carboxylic acids is 1. The van der Waals surface area contributed by atoms with Crippen molar-refractivity contribution in [3.63, 3.8) is 0 Å². The lowest BCUT2D eigenvalue weighted by Crippen LogP contribution is -2.54. The zero-order chi connectivity index (χ0) is 16.1. The van der Waals surface area contributed by atoms with E-state index in [1.54, 1.807) is 7.11 Å². The Bertz CT molecular complexity index is 522. The van der Waals surface area contributed by atoms with Crippen molar-refractivity contribution in [3.8, 4) is 0 Å². The number of amides is 1.